The summed E-state index contributed by atoms with van der Waals surface area (Å²) in [5, 5.41) is 23.4. The van der Waals surface area contributed by atoms with Crippen molar-refractivity contribution in [3.8, 4) is 17.4 Å². The summed E-state index contributed by atoms with van der Waals surface area (Å²) in [5.74, 6) is -0.262. The molecule has 1 aliphatic carbocycles. The number of aliphatic hydroxyl groups is 1. The number of piperidine rings is 1. The second-order valence-electron chi connectivity index (χ2n) is 13.7. The molecule has 1 saturated heterocycles. The molecule has 2 fully saturated rings. The number of hydrogen-bond donors (Lipinski definition) is 3. The number of carbonyl (C=O) groups excluding carboxylic acids is 4. The summed E-state index contributed by atoms with van der Waals surface area (Å²) in [7, 11) is 0. The first-order valence-corrected chi connectivity index (χ1v) is 17.8. The molecule has 4 amide bonds. The topological polar surface area (TPSA) is 160 Å². The number of ether oxygens (including phenoxy) is 2. The lowest BCUT2D eigenvalue weighted by atomic mass is 9.70. The predicted molar refractivity (Wildman–Crippen MR) is 191 cm³/mol. The third-order valence-electron chi connectivity index (χ3n) is 10.5. The summed E-state index contributed by atoms with van der Waals surface area (Å²) in [6.45, 7) is 6.03. The Balaban J connectivity index is 0.940. The van der Waals surface area contributed by atoms with Gasteiger partial charge in [-0.25, -0.2) is 0 Å². The Morgan fingerprint density at radius 2 is 1.52 bits per heavy atom. The zero-order valence-corrected chi connectivity index (χ0v) is 29.3. The molecule has 4 aromatic rings. The Kier molecular flexibility index (Phi) is 9.50. The standard InChI is InChI=1S/C40H41N5O7/c1-4-40(5-2,25-8-13-29(14-9-25)52-36-19-16-33(23(3)46)43-44-36)24-6-11-28(12-7-24)51-30-20-27(21-30)41-26-10-15-31-32(22-26)39(50)45(38(31)49)34-17-18-35(47)42-37(34)48/h6-16,19,22-23,27,30,34,41,46H,4-5,17-18,20-21H2,1-3H3,(H,42,47,48)/t23-,27?,30?,34-/m1/s1. The Labute approximate surface area is 301 Å². The number of nitrogens with zero attached hydrogens (tertiary/aromatic N) is 3. The first-order chi connectivity index (χ1) is 25.1. The van der Waals surface area contributed by atoms with Gasteiger partial charge in [0.1, 0.15) is 23.6 Å². The molecule has 3 heterocycles. The van der Waals surface area contributed by atoms with Crippen LogP contribution in [0.25, 0.3) is 0 Å². The van der Waals surface area contributed by atoms with E-state index in [1.165, 1.54) is 11.1 Å². The minimum Gasteiger partial charge on any atom is -0.490 e. The molecule has 3 aliphatic rings. The number of amides is 4. The second kappa shape index (κ2) is 14.2. The lowest BCUT2D eigenvalue weighted by molar-refractivity contribution is -0.136. The molecule has 52 heavy (non-hydrogen) atoms. The van der Waals surface area contributed by atoms with Gasteiger partial charge < -0.3 is 19.9 Å². The SMILES string of the molecule is CCC(CC)(c1ccc(Oc2ccc([C@@H](C)O)nn2)cc1)c1ccc(OC2CC(Nc3ccc4c(c3)C(=O)N([C@@H]3CCC(=O)NC3=O)C4=O)C2)cc1. The average Bonchev–Trinajstić information content (AvgIpc) is 3.37. The van der Waals surface area contributed by atoms with Gasteiger partial charge in [0, 0.05) is 42.5 Å². The molecule has 3 aromatic carbocycles. The van der Waals surface area contributed by atoms with Gasteiger partial charge >= 0.3 is 0 Å². The van der Waals surface area contributed by atoms with Crippen molar-refractivity contribution < 1.29 is 33.8 Å². The summed E-state index contributed by atoms with van der Waals surface area (Å²) in [5.41, 5.74) is 3.90. The van der Waals surface area contributed by atoms with E-state index in [4.69, 9.17) is 9.47 Å². The molecule has 0 spiro atoms. The maximum atomic E-state index is 13.2. The van der Waals surface area contributed by atoms with Gasteiger partial charge in [-0.2, -0.15) is 0 Å². The lowest BCUT2D eigenvalue weighted by Crippen LogP contribution is -2.54. The summed E-state index contributed by atoms with van der Waals surface area (Å²) in [6, 6.07) is 24.0. The smallest absolute Gasteiger partial charge is 0.262 e. The second-order valence-corrected chi connectivity index (χ2v) is 13.7. The molecule has 12 nitrogen and oxygen atoms in total. The Morgan fingerprint density at radius 3 is 2.12 bits per heavy atom. The summed E-state index contributed by atoms with van der Waals surface area (Å²) >= 11 is 0. The highest BCUT2D eigenvalue weighted by atomic mass is 16.5. The van der Waals surface area contributed by atoms with E-state index < -0.39 is 35.8 Å². The largest absolute Gasteiger partial charge is 0.490 e. The molecule has 0 bridgehead atoms. The van der Waals surface area contributed by atoms with Crippen molar-refractivity contribution in [3.05, 3.63) is 107 Å². The zero-order chi connectivity index (χ0) is 36.6. The van der Waals surface area contributed by atoms with Gasteiger partial charge in [0.15, 0.2) is 0 Å². The van der Waals surface area contributed by atoms with Crippen molar-refractivity contribution in [2.75, 3.05) is 5.32 Å². The van der Waals surface area contributed by atoms with E-state index in [2.05, 4.69) is 58.9 Å². The van der Waals surface area contributed by atoms with Crippen LogP contribution in [0.2, 0.25) is 0 Å². The van der Waals surface area contributed by atoms with Gasteiger partial charge in [-0.15, -0.1) is 10.2 Å². The molecule has 3 N–H and O–H groups in total. The van der Waals surface area contributed by atoms with Crippen LogP contribution in [0, 0.1) is 0 Å². The summed E-state index contributed by atoms with van der Waals surface area (Å²) in [6.07, 6.45) is 2.90. The maximum absolute atomic E-state index is 13.2. The van der Waals surface area contributed by atoms with E-state index in [1.807, 2.05) is 24.3 Å². The summed E-state index contributed by atoms with van der Waals surface area (Å²) < 4.78 is 12.2. The van der Waals surface area contributed by atoms with Gasteiger partial charge in [0.05, 0.1) is 22.9 Å². The number of rotatable bonds is 12. The van der Waals surface area contributed by atoms with Crippen molar-refractivity contribution in [1.82, 2.24) is 20.4 Å². The average molecular weight is 704 g/mol. The van der Waals surface area contributed by atoms with Crippen LogP contribution in [-0.2, 0) is 15.0 Å². The molecule has 1 aromatic heterocycles. The molecule has 1 saturated carbocycles. The minimum atomic E-state index is -0.990. The molecule has 268 valence electrons. The number of fused-ring (bicyclic) bond motifs is 1. The van der Waals surface area contributed by atoms with Gasteiger partial charge in [-0.3, -0.25) is 29.4 Å². The number of anilines is 1. The molecule has 2 atom stereocenters. The molecule has 7 rings (SSSR count). The van der Waals surface area contributed by atoms with Crippen molar-refractivity contribution in [2.45, 2.75) is 89.0 Å². The van der Waals surface area contributed by atoms with Crippen LogP contribution in [0.15, 0.2) is 78.9 Å². The third kappa shape index (κ3) is 6.61. The van der Waals surface area contributed by atoms with Crippen LogP contribution in [-0.4, -0.2) is 62.0 Å². The van der Waals surface area contributed by atoms with Crippen molar-refractivity contribution >= 4 is 29.3 Å². The number of hydrogen-bond acceptors (Lipinski definition) is 10. The Hall–Kier alpha value is -5.62. The highest BCUT2D eigenvalue weighted by molar-refractivity contribution is 6.23. The minimum absolute atomic E-state index is 0.0339. The molecule has 2 aliphatic heterocycles. The lowest BCUT2D eigenvalue weighted by Gasteiger charge is -2.37. The number of carbonyl (C=O) groups is 4. The van der Waals surface area contributed by atoms with E-state index in [0.717, 1.165) is 36.3 Å². The van der Waals surface area contributed by atoms with E-state index in [-0.39, 0.29) is 41.5 Å². The zero-order valence-electron chi connectivity index (χ0n) is 29.3. The van der Waals surface area contributed by atoms with Crippen LogP contribution in [0.5, 0.6) is 17.4 Å². The van der Waals surface area contributed by atoms with Crippen molar-refractivity contribution in [2.24, 2.45) is 0 Å². The van der Waals surface area contributed by atoms with Gasteiger partial charge in [-0.05, 0) is 85.8 Å². The predicted octanol–water partition coefficient (Wildman–Crippen LogP) is 5.85. The molecular formula is C40H41N5O7. The Morgan fingerprint density at radius 1 is 0.865 bits per heavy atom. The number of nitrogens with one attached hydrogen (secondary N) is 2. The van der Waals surface area contributed by atoms with Crippen LogP contribution in [0.3, 0.4) is 0 Å². The molecular weight excluding hydrogens is 662 g/mol. The molecule has 0 unspecified atom stereocenters. The van der Waals surface area contributed by atoms with Gasteiger partial charge in [0.2, 0.25) is 17.7 Å². The van der Waals surface area contributed by atoms with Crippen LogP contribution < -0.4 is 20.1 Å². The van der Waals surface area contributed by atoms with Crippen molar-refractivity contribution in [1.29, 1.82) is 0 Å². The maximum Gasteiger partial charge on any atom is 0.262 e. The fourth-order valence-electron chi connectivity index (χ4n) is 7.42. The number of benzene rings is 3. The third-order valence-corrected chi connectivity index (χ3v) is 10.5. The number of aliphatic hydroxyl groups excluding tert-OH is 1. The normalized spacial score (nSPS) is 20.5. The van der Waals surface area contributed by atoms with Gasteiger partial charge in [-0.1, -0.05) is 38.1 Å². The van der Waals surface area contributed by atoms with Crippen LogP contribution in [0.1, 0.15) is 103 Å². The molecule has 0 radical (unpaired) electrons. The quantitative estimate of drug-likeness (QED) is 0.153. The van der Waals surface area contributed by atoms with E-state index in [0.29, 0.717) is 23.0 Å². The van der Waals surface area contributed by atoms with Crippen molar-refractivity contribution in [3.63, 3.8) is 0 Å². The first-order valence-electron chi connectivity index (χ1n) is 17.8. The van der Waals surface area contributed by atoms with E-state index >= 15 is 0 Å². The monoisotopic (exact) mass is 703 g/mol. The fourth-order valence-corrected chi connectivity index (χ4v) is 7.42. The molecule has 12 heteroatoms. The fraction of sp³-hybridized carbons (Fsp3) is 0.350. The first kappa shape index (κ1) is 34.8. The van der Waals surface area contributed by atoms with E-state index in [1.54, 1.807) is 37.3 Å². The number of imide groups is 2. The summed E-state index contributed by atoms with van der Waals surface area (Å²) in [4.78, 5) is 51.1. The highest BCUT2D eigenvalue weighted by Gasteiger charge is 2.45. The van der Waals surface area contributed by atoms with Crippen LogP contribution in [0.4, 0.5) is 5.69 Å². The van der Waals surface area contributed by atoms with Gasteiger partial charge in [0.25, 0.3) is 11.8 Å². The number of aromatic nitrogens is 2. The Bertz CT molecular complexity index is 1990. The van der Waals surface area contributed by atoms with Crippen LogP contribution >= 0.6 is 0 Å². The van der Waals surface area contributed by atoms with E-state index in [9.17, 15) is 24.3 Å². The highest BCUT2D eigenvalue weighted by Crippen LogP contribution is 2.41.